The smallest absolute Gasteiger partial charge is 0.289 e. The molecule has 1 saturated carbocycles. The number of halogens is 2. The first-order chi connectivity index (χ1) is 17.7. The number of rotatable bonds is 5. The molecule has 37 heavy (non-hydrogen) atoms. The number of aryl methyl sites for hydroxylation is 2. The molecule has 0 atom stereocenters. The zero-order valence-electron chi connectivity index (χ0n) is 20.7. The third-order valence-corrected chi connectivity index (χ3v) is 6.00. The summed E-state index contributed by atoms with van der Waals surface area (Å²) in [7, 11) is 1.29. The summed E-state index contributed by atoms with van der Waals surface area (Å²) in [6.45, 7) is 5.69. The summed E-state index contributed by atoms with van der Waals surface area (Å²) >= 11 is 0. The van der Waals surface area contributed by atoms with Crippen LogP contribution in [0, 0.1) is 28.7 Å². The molecule has 192 valence electrons. The molecule has 1 aliphatic carbocycles. The highest BCUT2D eigenvalue weighted by molar-refractivity contribution is 6.00. The standard InChI is InChI=1S/C24H19F2N5O4.C2H6/c1-12-6-9-17(16(25)10-12)27-21-18-22(29(2)24(33)19(21)26)20(28-30(23(18)32)14-7-8-14)13-4-3-5-15(11-13)31(34)35;1-2/h3-6,9-11,14,27H,7-8H2,1-2H3;1-2H3. The summed E-state index contributed by atoms with van der Waals surface area (Å²) in [5.74, 6) is -1.94. The molecule has 0 saturated heterocycles. The van der Waals surface area contributed by atoms with E-state index in [2.05, 4.69) is 10.4 Å². The van der Waals surface area contributed by atoms with Gasteiger partial charge in [0.05, 0.1) is 33.2 Å². The highest BCUT2D eigenvalue weighted by Crippen LogP contribution is 2.37. The first-order valence-electron chi connectivity index (χ1n) is 11.8. The van der Waals surface area contributed by atoms with E-state index < -0.39 is 33.4 Å². The van der Waals surface area contributed by atoms with Crippen molar-refractivity contribution in [3.8, 4) is 11.3 Å². The van der Waals surface area contributed by atoms with Gasteiger partial charge in [0.1, 0.15) is 11.5 Å². The number of nitro benzene ring substituents is 1. The van der Waals surface area contributed by atoms with E-state index in [9.17, 15) is 24.1 Å². The first kappa shape index (κ1) is 25.7. The predicted octanol–water partition coefficient (Wildman–Crippen LogP) is 5.36. The maximum atomic E-state index is 15.3. The van der Waals surface area contributed by atoms with Gasteiger partial charge >= 0.3 is 0 Å². The molecular weight excluding hydrogens is 484 g/mol. The van der Waals surface area contributed by atoms with Gasteiger partial charge in [0.15, 0.2) is 0 Å². The van der Waals surface area contributed by atoms with Gasteiger partial charge in [0.25, 0.3) is 16.8 Å². The Kier molecular flexibility index (Phi) is 6.88. The van der Waals surface area contributed by atoms with Crippen molar-refractivity contribution in [1.82, 2.24) is 14.3 Å². The van der Waals surface area contributed by atoms with Crippen LogP contribution in [0.15, 0.2) is 52.1 Å². The zero-order valence-corrected chi connectivity index (χ0v) is 20.7. The molecule has 1 fully saturated rings. The largest absolute Gasteiger partial charge is 0.350 e. The molecule has 2 heterocycles. The number of hydrogen-bond donors (Lipinski definition) is 1. The number of nitrogens with one attached hydrogen (secondary N) is 1. The molecule has 5 rings (SSSR count). The topological polar surface area (TPSA) is 112 Å². The number of benzene rings is 2. The molecule has 0 bridgehead atoms. The Bertz CT molecular complexity index is 1660. The van der Waals surface area contributed by atoms with E-state index in [4.69, 9.17) is 0 Å². The van der Waals surface area contributed by atoms with Gasteiger partial charge in [-0.05, 0) is 37.5 Å². The molecule has 4 aromatic rings. The van der Waals surface area contributed by atoms with E-state index in [1.165, 1.54) is 42.1 Å². The summed E-state index contributed by atoms with van der Waals surface area (Å²) in [6.07, 6.45) is 1.35. The van der Waals surface area contributed by atoms with E-state index in [1.54, 1.807) is 19.1 Å². The Hall–Kier alpha value is -4.41. The lowest BCUT2D eigenvalue weighted by Gasteiger charge is -2.18. The molecule has 0 amide bonds. The van der Waals surface area contributed by atoms with Crippen molar-refractivity contribution in [2.24, 2.45) is 7.05 Å². The number of nitro groups is 1. The van der Waals surface area contributed by atoms with Gasteiger partial charge in [0.2, 0.25) is 5.82 Å². The first-order valence-corrected chi connectivity index (χ1v) is 11.8. The SMILES string of the molecule is CC.Cc1ccc(Nc2c(F)c(=O)n(C)c3c(-c4cccc([N+](=O)[O-])c4)nn(C4CC4)c(=O)c23)c(F)c1. The third kappa shape index (κ3) is 4.59. The van der Waals surface area contributed by atoms with E-state index >= 15 is 4.39 Å². The third-order valence-electron chi connectivity index (χ3n) is 6.00. The molecule has 2 aromatic heterocycles. The predicted molar refractivity (Wildman–Crippen MR) is 137 cm³/mol. The second-order valence-corrected chi connectivity index (χ2v) is 8.52. The van der Waals surface area contributed by atoms with Gasteiger partial charge in [-0.25, -0.2) is 9.07 Å². The number of pyridine rings is 1. The van der Waals surface area contributed by atoms with E-state index in [1.807, 2.05) is 13.8 Å². The average Bonchev–Trinajstić information content (AvgIpc) is 3.73. The van der Waals surface area contributed by atoms with Crippen LogP contribution in [0.4, 0.5) is 25.8 Å². The van der Waals surface area contributed by atoms with E-state index in [0.29, 0.717) is 18.4 Å². The number of non-ortho nitro benzene ring substituents is 1. The Morgan fingerprint density at radius 1 is 1.08 bits per heavy atom. The Balaban J connectivity index is 0.00000156. The fraction of sp³-hybridized carbons (Fsp3) is 0.269. The lowest BCUT2D eigenvalue weighted by Crippen LogP contribution is -2.30. The second kappa shape index (κ2) is 9.92. The van der Waals surface area contributed by atoms with Crippen molar-refractivity contribution >= 4 is 28.0 Å². The lowest BCUT2D eigenvalue weighted by atomic mass is 10.1. The van der Waals surface area contributed by atoms with Crippen molar-refractivity contribution in [1.29, 1.82) is 0 Å². The van der Waals surface area contributed by atoms with E-state index in [-0.39, 0.29) is 39.6 Å². The van der Waals surface area contributed by atoms with E-state index in [0.717, 1.165) is 4.57 Å². The summed E-state index contributed by atoms with van der Waals surface area (Å²) in [4.78, 5) is 37.1. The van der Waals surface area contributed by atoms with Gasteiger partial charge in [-0.15, -0.1) is 0 Å². The van der Waals surface area contributed by atoms with Crippen molar-refractivity contribution in [2.45, 2.75) is 39.7 Å². The number of aromatic nitrogens is 3. The monoisotopic (exact) mass is 509 g/mol. The van der Waals surface area contributed by atoms with Crippen molar-refractivity contribution in [2.75, 3.05) is 5.32 Å². The zero-order chi connectivity index (χ0) is 27.0. The molecule has 0 aliphatic heterocycles. The van der Waals surface area contributed by atoms with Crippen molar-refractivity contribution in [3.05, 3.63) is 90.5 Å². The molecule has 11 heteroatoms. The van der Waals surface area contributed by atoms with Gasteiger partial charge < -0.3 is 9.88 Å². The highest BCUT2D eigenvalue weighted by atomic mass is 19.1. The fourth-order valence-corrected chi connectivity index (χ4v) is 4.05. The Labute approximate surface area is 210 Å². The van der Waals surface area contributed by atoms with Crippen molar-refractivity contribution < 1.29 is 13.7 Å². The number of hydrogen-bond acceptors (Lipinski definition) is 6. The van der Waals surface area contributed by atoms with Crippen LogP contribution >= 0.6 is 0 Å². The average molecular weight is 510 g/mol. The minimum Gasteiger partial charge on any atom is -0.350 e. The fourth-order valence-electron chi connectivity index (χ4n) is 4.05. The number of anilines is 2. The minimum atomic E-state index is -1.25. The summed E-state index contributed by atoms with van der Waals surface area (Å²) in [5.41, 5.74) is -1.53. The molecule has 2 aromatic carbocycles. The normalized spacial score (nSPS) is 12.7. The molecule has 9 nitrogen and oxygen atoms in total. The van der Waals surface area contributed by atoms with Crippen LogP contribution < -0.4 is 16.4 Å². The summed E-state index contributed by atoms with van der Waals surface area (Å²) < 4.78 is 32.1. The molecule has 1 aliphatic rings. The van der Waals surface area contributed by atoms with Crippen molar-refractivity contribution in [3.63, 3.8) is 0 Å². The Morgan fingerprint density at radius 3 is 2.41 bits per heavy atom. The van der Waals surface area contributed by atoms with Gasteiger partial charge in [-0.2, -0.15) is 9.49 Å². The maximum Gasteiger partial charge on any atom is 0.289 e. The summed E-state index contributed by atoms with van der Waals surface area (Å²) in [5, 5.41) is 18.2. The van der Waals surface area contributed by atoms with Gasteiger partial charge in [-0.1, -0.05) is 32.0 Å². The van der Waals surface area contributed by atoms with Crippen LogP contribution in [0.25, 0.3) is 22.2 Å². The van der Waals surface area contributed by atoms with Crippen LogP contribution in [-0.4, -0.2) is 19.3 Å². The summed E-state index contributed by atoms with van der Waals surface area (Å²) in [6, 6.07) is 9.57. The molecule has 0 radical (unpaired) electrons. The van der Waals surface area contributed by atoms with Crippen LogP contribution in [0.1, 0.15) is 38.3 Å². The van der Waals surface area contributed by atoms with Crippen LogP contribution in [0.5, 0.6) is 0 Å². The molecular formula is C26H25F2N5O4. The molecule has 0 spiro atoms. The van der Waals surface area contributed by atoms with Crippen LogP contribution in [0.3, 0.4) is 0 Å². The quantitative estimate of drug-likeness (QED) is 0.286. The van der Waals surface area contributed by atoms with Crippen LogP contribution in [-0.2, 0) is 7.05 Å². The number of nitrogens with zero attached hydrogens (tertiary/aromatic N) is 4. The lowest BCUT2D eigenvalue weighted by molar-refractivity contribution is -0.384. The molecule has 0 unspecified atom stereocenters. The van der Waals surface area contributed by atoms with Gasteiger partial charge in [0, 0.05) is 24.7 Å². The maximum absolute atomic E-state index is 15.3. The molecule has 1 N–H and O–H groups in total. The highest BCUT2D eigenvalue weighted by Gasteiger charge is 2.31. The van der Waals surface area contributed by atoms with Crippen LogP contribution in [0.2, 0.25) is 0 Å². The Morgan fingerprint density at radius 2 is 1.78 bits per heavy atom. The number of fused-ring (bicyclic) bond motifs is 1. The van der Waals surface area contributed by atoms with Gasteiger partial charge in [-0.3, -0.25) is 19.7 Å². The second-order valence-electron chi connectivity index (χ2n) is 8.52. The minimum absolute atomic E-state index is 0.0196.